The summed E-state index contributed by atoms with van der Waals surface area (Å²) in [6.45, 7) is 0. The van der Waals surface area contributed by atoms with E-state index in [1.807, 2.05) is 96.4 Å². The second-order valence-corrected chi connectivity index (χ2v) is 9.07. The summed E-state index contributed by atoms with van der Waals surface area (Å²) in [5, 5.41) is 14.5. The van der Waals surface area contributed by atoms with Gasteiger partial charge in [0.15, 0.2) is 5.13 Å². The minimum atomic E-state index is -0.170. The van der Waals surface area contributed by atoms with E-state index in [0.29, 0.717) is 16.0 Å². The standard InChI is InChI=1S/C26H19N5OS2/c32-22(28-25-27-21(16-33-25)18-10-4-1-5-11-18)17-34-26-29-23(19-12-6-2-7-13-19)24(30-31-26)20-14-8-3-9-15-20/h1-16H,17H2,(H,27,28,32). The zero-order valence-electron chi connectivity index (χ0n) is 18.0. The predicted octanol–water partition coefficient (Wildman–Crippen LogP) is 6.06. The van der Waals surface area contributed by atoms with Crippen LogP contribution in [0.5, 0.6) is 0 Å². The molecule has 5 rings (SSSR count). The number of nitrogens with one attached hydrogen (secondary N) is 1. The average Bonchev–Trinajstić information content (AvgIpc) is 3.37. The van der Waals surface area contributed by atoms with Crippen LogP contribution in [0.2, 0.25) is 0 Å². The molecule has 0 aliphatic rings. The number of anilines is 1. The highest BCUT2D eigenvalue weighted by Crippen LogP contribution is 2.30. The first-order valence-electron chi connectivity index (χ1n) is 10.6. The summed E-state index contributed by atoms with van der Waals surface area (Å²) in [5.74, 6) is -0.0168. The molecule has 34 heavy (non-hydrogen) atoms. The number of carbonyl (C=O) groups excluding carboxylic acids is 1. The number of benzene rings is 3. The van der Waals surface area contributed by atoms with Crippen LogP contribution in [0.3, 0.4) is 0 Å². The van der Waals surface area contributed by atoms with Gasteiger partial charge in [-0.15, -0.1) is 21.5 Å². The Morgan fingerprint density at radius 2 is 1.32 bits per heavy atom. The van der Waals surface area contributed by atoms with Crippen molar-refractivity contribution in [3.8, 4) is 33.8 Å². The largest absolute Gasteiger partial charge is 0.301 e. The van der Waals surface area contributed by atoms with Crippen LogP contribution < -0.4 is 5.32 Å². The molecule has 0 saturated carbocycles. The average molecular weight is 482 g/mol. The minimum Gasteiger partial charge on any atom is -0.301 e. The lowest BCUT2D eigenvalue weighted by molar-refractivity contribution is -0.113. The quantitative estimate of drug-likeness (QED) is 0.285. The molecule has 0 aliphatic carbocycles. The molecule has 0 spiro atoms. The van der Waals surface area contributed by atoms with E-state index in [9.17, 15) is 4.79 Å². The number of thiazole rings is 1. The van der Waals surface area contributed by atoms with E-state index in [1.165, 1.54) is 23.1 Å². The summed E-state index contributed by atoms with van der Waals surface area (Å²) >= 11 is 2.64. The van der Waals surface area contributed by atoms with Crippen LogP contribution in [0.15, 0.2) is 102 Å². The summed E-state index contributed by atoms with van der Waals surface area (Å²) in [6, 6.07) is 29.6. The molecular formula is C26H19N5OS2. The van der Waals surface area contributed by atoms with Gasteiger partial charge in [-0.3, -0.25) is 4.79 Å². The molecule has 0 fully saturated rings. The molecule has 166 valence electrons. The fourth-order valence-electron chi connectivity index (χ4n) is 3.32. The van der Waals surface area contributed by atoms with E-state index < -0.39 is 0 Å². The molecule has 5 aromatic rings. The summed E-state index contributed by atoms with van der Waals surface area (Å²) in [4.78, 5) is 21.8. The van der Waals surface area contributed by atoms with Crippen molar-refractivity contribution in [2.45, 2.75) is 5.16 Å². The van der Waals surface area contributed by atoms with Crippen LogP contribution >= 0.6 is 23.1 Å². The first-order chi connectivity index (χ1) is 16.8. The number of nitrogens with zero attached hydrogens (tertiary/aromatic N) is 4. The van der Waals surface area contributed by atoms with Crippen molar-refractivity contribution in [3.05, 3.63) is 96.4 Å². The molecule has 0 saturated heterocycles. The van der Waals surface area contributed by atoms with E-state index in [-0.39, 0.29) is 11.7 Å². The molecule has 1 N–H and O–H groups in total. The Bertz CT molecular complexity index is 1390. The van der Waals surface area contributed by atoms with E-state index in [2.05, 4.69) is 20.5 Å². The number of hydrogen-bond donors (Lipinski definition) is 1. The van der Waals surface area contributed by atoms with Gasteiger partial charge in [0.05, 0.1) is 11.4 Å². The third kappa shape index (κ3) is 5.19. The number of thioether (sulfide) groups is 1. The van der Waals surface area contributed by atoms with Crippen LogP contribution in [0.4, 0.5) is 5.13 Å². The van der Waals surface area contributed by atoms with E-state index >= 15 is 0 Å². The van der Waals surface area contributed by atoms with Gasteiger partial charge in [0.1, 0.15) is 11.4 Å². The maximum absolute atomic E-state index is 12.5. The number of amides is 1. The van der Waals surface area contributed by atoms with Crippen molar-refractivity contribution in [1.29, 1.82) is 0 Å². The number of aromatic nitrogens is 4. The maximum Gasteiger partial charge on any atom is 0.236 e. The highest BCUT2D eigenvalue weighted by atomic mass is 32.2. The number of carbonyl (C=O) groups is 1. The molecule has 0 aliphatic heterocycles. The van der Waals surface area contributed by atoms with Gasteiger partial charge in [0.2, 0.25) is 11.1 Å². The fraction of sp³-hybridized carbons (Fsp3) is 0.0385. The summed E-state index contributed by atoms with van der Waals surface area (Å²) < 4.78 is 0. The maximum atomic E-state index is 12.5. The molecule has 2 aromatic heterocycles. The Kier molecular flexibility index (Phi) is 6.69. The predicted molar refractivity (Wildman–Crippen MR) is 138 cm³/mol. The van der Waals surface area contributed by atoms with Crippen molar-refractivity contribution in [3.63, 3.8) is 0 Å². The van der Waals surface area contributed by atoms with Gasteiger partial charge >= 0.3 is 0 Å². The van der Waals surface area contributed by atoms with Crippen LogP contribution in [0.1, 0.15) is 0 Å². The van der Waals surface area contributed by atoms with Gasteiger partial charge in [-0.2, -0.15) is 0 Å². The van der Waals surface area contributed by atoms with Gasteiger partial charge in [0, 0.05) is 22.1 Å². The molecule has 8 heteroatoms. The molecule has 1 amide bonds. The van der Waals surface area contributed by atoms with Crippen molar-refractivity contribution in [1.82, 2.24) is 20.2 Å². The first-order valence-corrected chi connectivity index (χ1v) is 12.4. The molecule has 3 aromatic carbocycles. The molecule has 0 radical (unpaired) electrons. The van der Waals surface area contributed by atoms with E-state index in [0.717, 1.165) is 28.1 Å². The summed E-state index contributed by atoms with van der Waals surface area (Å²) in [7, 11) is 0. The van der Waals surface area contributed by atoms with Crippen LogP contribution in [0, 0.1) is 0 Å². The SMILES string of the molecule is O=C(CSc1nnc(-c2ccccc2)c(-c2ccccc2)n1)Nc1nc(-c2ccccc2)cs1. The second kappa shape index (κ2) is 10.4. The molecule has 0 unspecified atom stereocenters. The van der Waals surface area contributed by atoms with Crippen molar-refractivity contribution < 1.29 is 4.79 Å². The van der Waals surface area contributed by atoms with E-state index in [1.54, 1.807) is 0 Å². The normalized spacial score (nSPS) is 10.7. The van der Waals surface area contributed by atoms with Gasteiger partial charge in [0.25, 0.3) is 0 Å². The highest BCUT2D eigenvalue weighted by molar-refractivity contribution is 7.99. The monoisotopic (exact) mass is 481 g/mol. The minimum absolute atomic E-state index is 0.154. The molecule has 2 heterocycles. The Morgan fingerprint density at radius 3 is 1.97 bits per heavy atom. The fourth-order valence-corrected chi connectivity index (χ4v) is 4.64. The smallest absolute Gasteiger partial charge is 0.236 e. The number of rotatable bonds is 7. The van der Waals surface area contributed by atoms with Gasteiger partial charge in [-0.1, -0.05) is 103 Å². The van der Waals surface area contributed by atoms with Crippen LogP contribution in [0.25, 0.3) is 33.8 Å². The second-order valence-electron chi connectivity index (χ2n) is 7.26. The lowest BCUT2D eigenvalue weighted by Gasteiger charge is -2.09. The summed E-state index contributed by atoms with van der Waals surface area (Å²) in [6.07, 6.45) is 0. The van der Waals surface area contributed by atoms with Crippen molar-refractivity contribution in [2.24, 2.45) is 0 Å². The lowest BCUT2D eigenvalue weighted by atomic mass is 10.0. The Labute approximate surface area is 205 Å². The van der Waals surface area contributed by atoms with Gasteiger partial charge in [-0.05, 0) is 0 Å². The number of hydrogen-bond acceptors (Lipinski definition) is 7. The Balaban J connectivity index is 1.30. The third-order valence-corrected chi connectivity index (χ3v) is 6.51. The van der Waals surface area contributed by atoms with Crippen LogP contribution in [-0.2, 0) is 4.79 Å². The Hall–Kier alpha value is -3.88. The zero-order chi connectivity index (χ0) is 23.2. The van der Waals surface area contributed by atoms with Gasteiger partial charge in [-0.25, -0.2) is 9.97 Å². The topological polar surface area (TPSA) is 80.7 Å². The van der Waals surface area contributed by atoms with Crippen molar-refractivity contribution >= 4 is 34.1 Å². The Morgan fingerprint density at radius 1 is 0.735 bits per heavy atom. The molecular weight excluding hydrogens is 462 g/mol. The van der Waals surface area contributed by atoms with Crippen LogP contribution in [-0.4, -0.2) is 31.8 Å². The van der Waals surface area contributed by atoms with Crippen molar-refractivity contribution in [2.75, 3.05) is 11.1 Å². The zero-order valence-corrected chi connectivity index (χ0v) is 19.6. The molecule has 0 atom stereocenters. The first kappa shape index (κ1) is 21.9. The lowest BCUT2D eigenvalue weighted by Crippen LogP contribution is -2.14. The van der Waals surface area contributed by atoms with Gasteiger partial charge < -0.3 is 5.32 Å². The molecule has 6 nitrogen and oxygen atoms in total. The summed E-state index contributed by atoms with van der Waals surface area (Å²) in [5.41, 5.74) is 5.17. The van der Waals surface area contributed by atoms with E-state index in [4.69, 9.17) is 4.98 Å². The highest BCUT2D eigenvalue weighted by Gasteiger charge is 2.15. The third-order valence-electron chi connectivity index (χ3n) is 4.91. The molecule has 0 bridgehead atoms.